The van der Waals surface area contributed by atoms with Crippen molar-refractivity contribution in [2.45, 2.75) is 239 Å². The van der Waals surface area contributed by atoms with E-state index in [9.17, 15) is 14.4 Å². The minimum atomic E-state index is -0.776. The number of ether oxygens (including phenoxy) is 3. The van der Waals surface area contributed by atoms with Gasteiger partial charge in [-0.1, -0.05) is 198 Å². The number of allylic oxidation sites excluding steroid dienone is 6. The summed E-state index contributed by atoms with van der Waals surface area (Å²) in [6.45, 7) is 6.48. The number of hydrogen-bond donors (Lipinski definition) is 0. The van der Waals surface area contributed by atoms with Gasteiger partial charge in [0.2, 0.25) is 0 Å². The molecule has 0 radical (unpaired) electrons. The van der Waals surface area contributed by atoms with Crippen molar-refractivity contribution in [2.75, 3.05) is 13.2 Å². The quantitative estimate of drug-likeness (QED) is 0.0267. The van der Waals surface area contributed by atoms with Gasteiger partial charge < -0.3 is 14.2 Å². The number of carbonyl (C=O) groups excluding carboxylic acids is 3. The molecule has 6 nitrogen and oxygen atoms in total. The first-order chi connectivity index (χ1) is 26.5. The van der Waals surface area contributed by atoms with Crippen LogP contribution in [0.1, 0.15) is 233 Å². The maximum Gasteiger partial charge on any atom is 0.306 e. The van der Waals surface area contributed by atoms with E-state index < -0.39 is 6.10 Å². The van der Waals surface area contributed by atoms with Crippen molar-refractivity contribution in [1.82, 2.24) is 0 Å². The van der Waals surface area contributed by atoms with Crippen molar-refractivity contribution in [2.24, 2.45) is 0 Å². The van der Waals surface area contributed by atoms with Crippen LogP contribution in [-0.4, -0.2) is 37.2 Å². The Balaban J connectivity index is 4.39. The molecule has 0 aromatic heterocycles. The van der Waals surface area contributed by atoms with Crippen LogP contribution in [0.5, 0.6) is 0 Å². The lowest BCUT2D eigenvalue weighted by Gasteiger charge is -2.18. The lowest BCUT2D eigenvalue weighted by molar-refractivity contribution is -0.167. The van der Waals surface area contributed by atoms with Gasteiger partial charge in [0.1, 0.15) is 13.2 Å². The summed E-state index contributed by atoms with van der Waals surface area (Å²) < 4.78 is 16.7. The highest BCUT2D eigenvalue weighted by Crippen LogP contribution is 2.15. The van der Waals surface area contributed by atoms with Gasteiger partial charge in [-0.25, -0.2) is 0 Å². The Morgan fingerprint density at radius 1 is 0.389 bits per heavy atom. The molecule has 0 amide bonds. The molecule has 0 aromatic rings. The molecule has 0 aliphatic carbocycles. The van der Waals surface area contributed by atoms with Gasteiger partial charge in [-0.2, -0.15) is 0 Å². The van der Waals surface area contributed by atoms with E-state index in [2.05, 4.69) is 57.2 Å². The molecule has 0 aliphatic rings. The Hall–Kier alpha value is -2.37. The van der Waals surface area contributed by atoms with E-state index in [1.807, 2.05) is 0 Å². The first-order valence-electron chi connectivity index (χ1n) is 23.0. The predicted molar refractivity (Wildman–Crippen MR) is 229 cm³/mol. The summed E-state index contributed by atoms with van der Waals surface area (Å²) in [5.41, 5.74) is 0. The van der Waals surface area contributed by atoms with Crippen molar-refractivity contribution in [3.63, 3.8) is 0 Å². The van der Waals surface area contributed by atoms with Crippen LogP contribution in [0.3, 0.4) is 0 Å². The summed E-state index contributed by atoms with van der Waals surface area (Å²) in [4.78, 5) is 37.7. The van der Waals surface area contributed by atoms with Crippen LogP contribution in [0, 0.1) is 0 Å². The van der Waals surface area contributed by atoms with Crippen LogP contribution < -0.4 is 0 Å². The maximum absolute atomic E-state index is 12.7. The molecular formula is C48H86O6. The van der Waals surface area contributed by atoms with E-state index in [1.54, 1.807) is 0 Å². The molecule has 0 spiro atoms. The van der Waals surface area contributed by atoms with Gasteiger partial charge >= 0.3 is 17.9 Å². The second kappa shape index (κ2) is 43.4. The Labute approximate surface area is 334 Å². The second-order valence-corrected chi connectivity index (χ2v) is 15.3. The third kappa shape index (κ3) is 40.8. The van der Waals surface area contributed by atoms with Gasteiger partial charge in [-0.05, 0) is 51.4 Å². The molecule has 54 heavy (non-hydrogen) atoms. The molecule has 1 unspecified atom stereocenters. The molecule has 314 valence electrons. The zero-order valence-electron chi connectivity index (χ0n) is 35.7. The Morgan fingerprint density at radius 3 is 1.13 bits per heavy atom. The summed E-state index contributed by atoms with van der Waals surface area (Å²) >= 11 is 0. The monoisotopic (exact) mass is 759 g/mol. The highest BCUT2D eigenvalue weighted by molar-refractivity contribution is 5.71. The molecule has 0 rings (SSSR count). The SMILES string of the molecule is CC/C=C\C/C=C\C/C=C\CCCCCC(=O)OCC(COC(=O)CCCCCCCCCCCC)OC(=O)CCCCCCCCCCCCCCC. The zero-order valence-corrected chi connectivity index (χ0v) is 35.7. The smallest absolute Gasteiger partial charge is 0.306 e. The summed E-state index contributed by atoms with van der Waals surface area (Å²) in [6.07, 6.45) is 48.4. The Morgan fingerprint density at radius 2 is 0.722 bits per heavy atom. The molecule has 0 bridgehead atoms. The van der Waals surface area contributed by atoms with Gasteiger partial charge in [-0.15, -0.1) is 0 Å². The minimum Gasteiger partial charge on any atom is -0.462 e. The van der Waals surface area contributed by atoms with Crippen LogP contribution in [0.4, 0.5) is 0 Å². The normalized spacial score (nSPS) is 12.3. The average Bonchev–Trinajstić information content (AvgIpc) is 3.17. The van der Waals surface area contributed by atoms with E-state index in [-0.39, 0.29) is 31.1 Å². The second-order valence-electron chi connectivity index (χ2n) is 15.3. The molecule has 6 heteroatoms. The largest absolute Gasteiger partial charge is 0.462 e. The fraction of sp³-hybridized carbons (Fsp3) is 0.812. The van der Waals surface area contributed by atoms with Crippen LogP contribution in [-0.2, 0) is 28.6 Å². The van der Waals surface area contributed by atoms with E-state index in [0.717, 1.165) is 83.5 Å². The van der Waals surface area contributed by atoms with Crippen molar-refractivity contribution in [3.05, 3.63) is 36.5 Å². The third-order valence-electron chi connectivity index (χ3n) is 9.91. The van der Waals surface area contributed by atoms with Crippen molar-refractivity contribution in [1.29, 1.82) is 0 Å². The van der Waals surface area contributed by atoms with E-state index >= 15 is 0 Å². The number of carbonyl (C=O) groups is 3. The minimum absolute atomic E-state index is 0.0782. The molecule has 0 aromatic carbocycles. The molecular weight excluding hydrogens is 673 g/mol. The van der Waals surface area contributed by atoms with Gasteiger partial charge in [0.05, 0.1) is 0 Å². The fourth-order valence-corrected chi connectivity index (χ4v) is 6.46. The first-order valence-corrected chi connectivity index (χ1v) is 23.0. The van der Waals surface area contributed by atoms with Gasteiger partial charge in [0.25, 0.3) is 0 Å². The molecule has 0 saturated heterocycles. The number of unbranched alkanes of at least 4 members (excludes halogenated alkanes) is 24. The topological polar surface area (TPSA) is 78.9 Å². The molecule has 0 heterocycles. The molecule has 0 aliphatic heterocycles. The van der Waals surface area contributed by atoms with Crippen LogP contribution in [0.2, 0.25) is 0 Å². The number of hydrogen-bond acceptors (Lipinski definition) is 6. The molecule has 1 atom stereocenters. The summed E-state index contributed by atoms with van der Waals surface area (Å²) in [5, 5.41) is 0. The molecule has 0 saturated carbocycles. The predicted octanol–water partition coefficient (Wildman–Crippen LogP) is 14.6. The summed E-state index contributed by atoms with van der Waals surface area (Å²) in [7, 11) is 0. The van der Waals surface area contributed by atoms with Crippen molar-refractivity contribution < 1.29 is 28.6 Å². The fourth-order valence-electron chi connectivity index (χ4n) is 6.46. The Kier molecular flexibility index (Phi) is 41.5. The highest BCUT2D eigenvalue weighted by atomic mass is 16.6. The van der Waals surface area contributed by atoms with Gasteiger partial charge in [0.15, 0.2) is 6.10 Å². The van der Waals surface area contributed by atoms with Crippen molar-refractivity contribution >= 4 is 17.9 Å². The first kappa shape index (κ1) is 51.6. The summed E-state index contributed by atoms with van der Waals surface area (Å²) in [6, 6.07) is 0. The summed E-state index contributed by atoms with van der Waals surface area (Å²) in [5.74, 6) is -0.906. The van der Waals surface area contributed by atoms with Crippen molar-refractivity contribution in [3.8, 4) is 0 Å². The van der Waals surface area contributed by atoms with Gasteiger partial charge in [-0.3, -0.25) is 14.4 Å². The van der Waals surface area contributed by atoms with Gasteiger partial charge in [0, 0.05) is 19.3 Å². The van der Waals surface area contributed by atoms with E-state index in [0.29, 0.717) is 19.3 Å². The van der Waals surface area contributed by atoms with E-state index in [1.165, 1.54) is 109 Å². The Bertz CT molecular complexity index is 922. The van der Waals surface area contributed by atoms with Crippen LogP contribution in [0.25, 0.3) is 0 Å². The maximum atomic E-state index is 12.7. The molecule has 0 fully saturated rings. The number of rotatable bonds is 41. The average molecular weight is 759 g/mol. The number of esters is 3. The lowest BCUT2D eigenvalue weighted by atomic mass is 10.0. The van der Waals surface area contributed by atoms with Crippen LogP contribution in [0.15, 0.2) is 36.5 Å². The highest BCUT2D eigenvalue weighted by Gasteiger charge is 2.19. The molecule has 0 N–H and O–H groups in total. The lowest BCUT2D eigenvalue weighted by Crippen LogP contribution is -2.30. The standard InChI is InChI=1S/C48H86O6/c1-4-7-10-13-16-19-22-24-26-29-32-35-38-41-47(50)53-44-45(43-52-46(49)40-37-34-31-28-21-18-15-12-9-6-3)54-48(51)42-39-36-33-30-27-25-23-20-17-14-11-8-5-2/h7,10,16,19,24,26,45H,4-6,8-9,11-15,17-18,20-23,25,27-44H2,1-3H3/b10-7-,19-16-,26-24-. The third-order valence-corrected chi connectivity index (χ3v) is 9.91. The van der Waals surface area contributed by atoms with E-state index in [4.69, 9.17) is 14.2 Å². The van der Waals surface area contributed by atoms with Crippen LogP contribution >= 0.6 is 0 Å². The zero-order chi connectivity index (χ0) is 39.4.